The molecule has 0 spiro atoms. The molecule has 0 amide bonds. The molecule has 12 heavy (non-hydrogen) atoms. The second-order valence-electron chi connectivity index (χ2n) is 2.87. The van der Waals surface area contributed by atoms with Crippen molar-refractivity contribution in [3.05, 3.63) is 10.1 Å². The molecule has 0 aromatic carbocycles. The summed E-state index contributed by atoms with van der Waals surface area (Å²) in [6, 6.07) is -0.0556. The van der Waals surface area contributed by atoms with E-state index in [4.69, 9.17) is 10.5 Å². The predicted octanol–water partition coefficient (Wildman–Crippen LogP) is -0.301. The van der Waals surface area contributed by atoms with E-state index in [1.54, 1.807) is 0 Å². The van der Waals surface area contributed by atoms with E-state index in [0.717, 1.165) is 0 Å². The van der Waals surface area contributed by atoms with E-state index in [1.165, 1.54) is 7.11 Å². The highest BCUT2D eigenvalue weighted by Crippen LogP contribution is 2.23. The van der Waals surface area contributed by atoms with Crippen molar-refractivity contribution in [1.82, 2.24) is 0 Å². The quantitative estimate of drug-likeness (QED) is 0.471. The van der Waals surface area contributed by atoms with Crippen LogP contribution in [0.25, 0.3) is 0 Å². The third-order valence-electron chi connectivity index (χ3n) is 2.01. The zero-order chi connectivity index (χ0) is 9.14. The number of hydrogen-bond acceptors (Lipinski definition) is 5. The van der Waals surface area contributed by atoms with Crippen LogP contribution in [0.1, 0.15) is 12.8 Å². The molecule has 1 aliphatic rings. The van der Waals surface area contributed by atoms with Gasteiger partial charge in [0.1, 0.15) is 6.10 Å². The third kappa shape index (κ3) is 2.05. The van der Waals surface area contributed by atoms with Gasteiger partial charge in [-0.2, -0.15) is 0 Å². The Morgan fingerprint density at radius 2 is 2.08 bits per heavy atom. The minimum Gasteiger partial charge on any atom is -0.379 e. The second kappa shape index (κ2) is 3.68. The Morgan fingerprint density at radius 1 is 1.50 bits per heavy atom. The normalized spacial score (nSPS) is 35.0. The Kier molecular flexibility index (Phi) is 2.83. The van der Waals surface area contributed by atoms with Crippen molar-refractivity contribution in [3.8, 4) is 0 Å². The summed E-state index contributed by atoms with van der Waals surface area (Å²) in [5.74, 6) is 0. The van der Waals surface area contributed by atoms with Crippen LogP contribution in [0.3, 0.4) is 0 Å². The minimum absolute atomic E-state index is 0.0556. The lowest BCUT2D eigenvalue weighted by atomic mass is 10.3. The number of hydrogen-bond donors (Lipinski definition) is 1. The van der Waals surface area contributed by atoms with Gasteiger partial charge in [0.2, 0.25) is 0 Å². The van der Waals surface area contributed by atoms with Crippen molar-refractivity contribution in [2.24, 2.45) is 5.73 Å². The van der Waals surface area contributed by atoms with Crippen LogP contribution in [0.4, 0.5) is 0 Å². The fourth-order valence-electron chi connectivity index (χ4n) is 1.47. The molecule has 2 N–H and O–H groups in total. The summed E-state index contributed by atoms with van der Waals surface area (Å²) >= 11 is 0. The average molecular weight is 176 g/mol. The molecule has 70 valence electrons. The fourth-order valence-corrected chi connectivity index (χ4v) is 1.47. The van der Waals surface area contributed by atoms with Gasteiger partial charge in [0.25, 0.3) is 5.09 Å². The van der Waals surface area contributed by atoms with Crippen LogP contribution in [-0.4, -0.2) is 30.4 Å². The molecule has 3 atom stereocenters. The standard InChI is InChI=1S/C6H12N2O4/c1-11-5-2-4(7)3-6(5)12-8(9)10/h4-6H,2-3,7H2,1H3. The first kappa shape index (κ1) is 9.21. The second-order valence-corrected chi connectivity index (χ2v) is 2.87. The number of nitrogens with two attached hydrogens (primary N) is 1. The van der Waals surface area contributed by atoms with Gasteiger partial charge in [-0.15, -0.1) is 10.1 Å². The van der Waals surface area contributed by atoms with E-state index in [0.29, 0.717) is 12.8 Å². The molecule has 0 saturated heterocycles. The van der Waals surface area contributed by atoms with E-state index >= 15 is 0 Å². The summed E-state index contributed by atoms with van der Waals surface area (Å²) in [6.07, 6.45) is 0.361. The van der Waals surface area contributed by atoms with Crippen LogP contribution in [0.15, 0.2) is 0 Å². The minimum atomic E-state index is -0.797. The molecule has 0 aliphatic heterocycles. The van der Waals surface area contributed by atoms with E-state index < -0.39 is 11.2 Å². The van der Waals surface area contributed by atoms with Crippen LogP contribution in [0.2, 0.25) is 0 Å². The lowest BCUT2D eigenvalue weighted by Crippen LogP contribution is -2.27. The van der Waals surface area contributed by atoms with Crippen LogP contribution >= 0.6 is 0 Å². The molecule has 0 aromatic heterocycles. The monoisotopic (exact) mass is 176 g/mol. The molecule has 0 aromatic rings. The van der Waals surface area contributed by atoms with Crippen molar-refractivity contribution in [2.75, 3.05) is 7.11 Å². The van der Waals surface area contributed by atoms with E-state index in [1.807, 2.05) is 0 Å². The molecule has 1 rings (SSSR count). The van der Waals surface area contributed by atoms with Gasteiger partial charge in [0, 0.05) is 13.2 Å². The van der Waals surface area contributed by atoms with Gasteiger partial charge in [0.15, 0.2) is 0 Å². The molecular formula is C6H12N2O4. The van der Waals surface area contributed by atoms with Crippen LogP contribution in [-0.2, 0) is 9.57 Å². The summed E-state index contributed by atoms with van der Waals surface area (Å²) in [7, 11) is 1.50. The number of methoxy groups -OCH3 is 1. The van der Waals surface area contributed by atoms with Gasteiger partial charge in [-0.25, -0.2) is 0 Å². The summed E-state index contributed by atoms with van der Waals surface area (Å²) in [6.45, 7) is 0. The number of rotatable bonds is 3. The number of ether oxygens (including phenoxy) is 1. The highest BCUT2D eigenvalue weighted by molar-refractivity contribution is 4.86. The maximum absolute atomic E-state index is 10.0. The van der Waals surface area contributed by atoms with Crippen molar-refractivity contribution < 1.29 is 14.7 Å². The lowest BCUT2D eigenvalue weighted by molar-refractivity contribution is -0.770. The van der Waals surface area contributed by atoms with Gasteiger partial charge < -0.3 is 15.3 Å². The van der Waals surface area contributed by atoms with Crippen molar-refractivity contribution in [3.63, 3.8) is 0 Å². The Hall–Kier alpha value is -0.880. The molecule has 0 bridgehead atoms. The topological polar surface area (TPSA) is 87.6 Å². The fraction of sp³-hybridized carbons (Fsp3) is 1.00. The first-order valence-electron chi connectivity index (χ1n) is 3.73. The average Bonchev–Trinajstić information content (AvgIpc) is 2.29. The zero-order valence-corrected chi connectivity index (χ0v) is 6.80. The summed E-state index contributed by atoms with van der Waals surface area (Å²) < 4.78 is 4.99. The molecule has 6 heteroatoms. The van der Waals surface area contributed by atoms with Crippen LogP contribution < -0.4 is 5.73 Å². The molecule has 6 nitrogen and oxygen atoms in total. The first-order chi connectivity index (χ1) is 5.63. The van der Waals surface area contributed by atoms with Gasteiger partial charge in [-0.3, -0.25) is 0 Å². The molecule has 1 saturated carbocycles. The maximum Gasteiger partial charge on any atom is 0.294 e. The molecule has 1 fully saturated rings. The van der Waals surface area contributed by atoms with E-state index in [2.05, 4.69) is 4.84 Å². The summed E-state index contributed by atoms with van der Waals surface area (Å²) in [5.41, 5.74) is 5.58. The Bertz CT molecular complexity index is 175. The lowest BCUT2D eigenvalue weighted by Gasteiger charge is -2.14. The van der Waals surface area contributed by atoms with Crippen molar-refractivity contribution in [2.45, 2.75) is 31.1 Å². The third-order valence-corrected chi connectivity index (χ3v) is 2.01. The van der Waals surface area contributed by atoms with Gasteiger partial charge in [-0.1, -0.05) is 0 Å². The van der Waals surface area contributed by atoms with Gasteiger partial charge in [0.05, 0.1) is 6.10 Å². The van der Waals surface area contributed by atoms with Crippen molar-refractivity contribution >= 4 is 0 Å². The molecular weight excluding hydrogens is 164 g/mol. The largest absolute Gasteiger partial charge is 0.379 e. The summed E-state index contributed by atoms with van der Waals surface area (Å²) in [4.78, 5) is 14.4. The highest BCUT2D eigenvalue weighted by Gasteiger charge is 2.35. The molecule has 1 aliphatic carbocycles. The van der Waals surface area contributed by atoms with E-state index in [9.17, 15) is 10.1 Å². The maximum atomic E-state index is 10.0. The Morgan fingerprint density at radius 3 is 2.58 bits per heavy atom. The SMILES string of the molecule is COC1CC(N)CC1O[N+](=O)[O-]. The smallest absolute Gasteiger partial charge is 0.294 e. The van der Waals surface area contributed by atoms with Gasteiger partial charge in [-0.05, 0) is 12.8 Å². The Labute approximate surface area is 69.7 Å². The van der Waals surface area contributed by atoms with Crippen LogP contribution in [0, 0.1) is 10.1 Å². The van der Waals surface area contributed by atoms with Crippen molar-refractivity contribution in [1.29, 1.82) is 0 Å². The van der Waals surface area contributed by atoms with E-state index in [-0.39, 0.29) is 12.1 Å². The summed E-state index contributed by atoms with van der Waals surface area (Å²) in [5, 5.41) is 9.21. The van der Waals surface area contributed by atoms with Gasteiger partial charge >= 0.3 is 0 Å². The molecule has 0 heterocycles. The predicted molar refractivity (Wildman–Crippen MR) is 39.9 cm³/mol. The first-order valence-corrected chi connectivity index (χ1v) is 3.73. The van der Waals surface area contributed by atoms with Crippen LogP contribution in [0.5, 0.6) is 0 Å². The molecule has 3 unspecified atom stereocenters. The highest BCUT2D eigenvalue weighted by atomic mass is 17.0. The number of nitrogens with zero attached hydrogens (tertiary/aromatic N) is 1. The molecule has 0 radical (unpaired) electrons. The zero-order valence-electron chi connectivity index (χ0n) is 6.80. The Balaban J connectivity index is 2.46.